The van der Waals surface area contributed by atoms with Crippen LogP contribution < -0.4 is 11.1 Å². The summed E-state index contributed by atoms with van der Waals surface area (Å²) in [5.41, 5.74) is 5.69. The second-order valence-corrected chi connectivity index (χ2v) is 4.81. The minimum absolute atomic E-state index is 0.119. The van der Waals surface area contributed by atoms with Crippen LogP contribution in [0, 0.1) is 5.92 Å². The molecule has 0 fully saturated rings. The number of anilines is 2. The first-order valence-corrected chi connectivity index (χ1v) is 7.05. The molecule has 0 aliphatic rings. The van der Waals surface area contributed by atoms with Crippen LogP contribution in [0.1, 0.15) is 26.7 Å². The first-order valence-electron chi connectivity index (χ1n) is 7.05. The predicted molar refractivity (Wildman–Crippen MR) is 79.9 cm³/mol. The molecule has 21 heavy (non-hydrogen) atoms. The van der Waals surface area contributed by atoms with E-state index in [1.807, 2.05) is 0 Å². The number of rotatable bonds is 7. The maximum atomic E-state index is 10.1. The standard InChI is InChI=1S/C13H21N7O/c1-3-9(4-2)10(21)7-16-12-17-11(14)18-13(19-12)20-6-5-15-8-20/h5-6,8-10,21H,3-4,7H2,1-2H3,(H3,14,16,17,18,19). The van der Waals surface area contributed by atoms with E-state index in [0.717, 1.165) is 12.8 Å². The first-order chi connectivity index (χ1) is 10.1. The highest BCUT2D eigenvalue weighted by molar-refractivity contribution is 5.35. The second-order valence-electron chi connectivity index (χ2n) is 4.81. The van der Waals surface area contributed by atoms with Gasteiger partial charge in [0.1, 0.15) is 6.33 Å². The number of nitrogens with two attached hydrogens (primary N) is 1. The number of nitrogens with one attached hydrogen (secondary N) is 1. The summed E-state index contributed by atoms with van der Waals surface area (Å²) in [6.07, 6.45) is 6.34. The Morgan fingerprint density at radius 2 is 2.05 bits per heavy atom. The summed E-state index contributed by atoms with van der Waals surface area (Å²) in [6.45, 7) is 4.50. The van der Waals surface area contributed by atoms with Gasteiger partial charge in [-0.1, -0.05) is 26.7 Å². The van der Waals surface area contributed by atoms with E-state index in [4.69, 9.17) is 5.73 Å². The number of aromatic nitrogens is 5. The third-order valence-electron chi connectivity index (χ3n) is 3.44. The molecule has 0 radical (unpaired) electrons. The summed E-state index contributed by atoms with van der Waals surface area (Å²) < 4.78 is 1.64. The third-order valence-corrected chi connectivity index (χ3v) is 3.44. The summed E-state index contributed by atoms with van der Waals surface area (Å²) in [5, 5.41) is 13.1. The highest BCUT2D eigenvalue weighted by Crippen LogP contribution is 2.14. The van der Waals surface area contributed by atoms with E-state index < -0.39 is 6.10 Å². The van der Waals surface area contributed by atoms with Crippen LogP contribution in [0.2, 0.25) is 0 Å². The lowest BCUT2D eigenvalue weighted by molar-refractivity contribution is 0.114. The fourth-order valence-electron chi connectivity index (χ4n) is 2.15. The average Bonchev–Trinajstić information content (AvgIpc) is 3.00. The summed E-state index contributed by atoms with van der Waals surface area (Å²) in [6, 6.07) is 0. The number of aliphatic hydroxyl groups is 1. The van der Waals surface area contributed by atoms with Gasteiger partial charge in [-0.2, -0.15) is 15.0 Å². The molecule has 0 aliphatic carbocycles. The smallest absolute Gasteiger partial charge is 0.241 e. The van der Waals surface area contributed by atoms with Crippen molar-refractivity contribution in [1.29, 1.82) is 0 Å². The Morgan fingerprint density at radius 1 is 1.29 bits per heavy atom. The van der Waals surface area contributed by atoms with Crippen LogP contribution in [-0.2, 0) is 0 Å². The lowest BCUT2D eigenvalue weighted by Gasteiger charge is -2.20. The van der Waals surface area contributed by atoms with Gasteiger partial charge in [-0.25, -0.2) is 4.98 Å². The molecule has 0 amide bonds. The first kappa shape index (κ1) is 15.2. The van der Waals surface area contributed by atoms with E-state index in [2.05, 4.69) is 39.1 Å². The van der Waals surface area contributed by atoms with Gasteiger partial charge in [0.15, 0.2) is 0 Å². The van der Waals surface area contributed by atoms with Crippen LogP contribution in [0.3, 0.4) is 0 Å². The van der Waals surface area contributed by atoms with E-state index in [-0.39, 0.29) is 11.9 Å². The molecule has 2 heterocycles. The molecule has 2 aromatic rings. The Labute approximate surface area is 123 Å². The summed E-state index contributed by atoms with van der Waals surface area (Å²) in [4.78, 5) is 16.3. The van der Waals surface area contributed by atoms with E-state index in [0.29, 0.717) is 18.4 Å². The molecule has 8 heteroatoms. The largest absolute Gasteiger partial charge is 0.391 e. The molecule has 2 rings (SSSR count). The van der Waals surface area contributed by atoms with Gasteiger partial charge in [0, 0.05) is 18.9 Å². The number of hydrogen-bond acceptors (Lipinski definition) is 7. The number of imidazole rings is 1. The zero-order valence-electron chi connectivity index (χ0n) is 12.3. The van der Waals surface area contributed by atoms with Crippen LogP contribution in [0.5, 0.6) is 0 Å². The zero-order chi connectivity index (χ0) is 15.2. The van der Waals surface area contributed by atoms with Crippen molar-refractivity contribution in [2.75, 3.05) is 17.6 Å². The molecule has 0 saturated heterocycles. The molecule has 114 valence electrons. The fraction of sp³-hybridized carbons (Fsp3) is 0.538. The highest BCUT2D eigenvalue weighted by atomic mass is 16.3. The number of nitrogens with zero attached hydrogens (tertiary/aromatic N) is 5. The number of aliphatic hydroxyl groups excluding tert-OH is 1. The van der Waals surface area contributed by atoms with Gasteiger partial charge in [0.2, 0.25) is 17.8 Å². The fourth-order valence-corrected chi connectivity index (χ4v) is 2.15. The summed E-state index contributed by atoms with van der Waals surface area (Å²) >= 11 is 0. The van der Waals surface area contributed by atoms with Gasteiger partial charge < -0.3 is 16.2 Å². The topological polar surface area (TPSA) is 115 Å². The van der Waals surface area contributed by atoms with Crippen LogP contribution >= 0.6 is 0 Å². The molecule has 8 nitrogen and oxygen atoms in total. The summed E-state index contributed by atoms with van der Waals surface area (Å²) in [5.74, 6) is 1.11. The highest BCUT2D eigenvalue weighted by Gasteiger charge is 2.16. The van der Waals surface area contributed by atoms with E-state index in [9.17, 15) is 5.11 Å². The molecule has 2 aromatic heterocycles. The van der Waals surface area contributed by atoms with Gasteiger partial charge in [-0.05, 0) is 5.92 Å². The van der Waals surface area contributed by atoms with Crippen LogP contribution in [0.4, 0.5) is 11.9 Å². The van der Waals surface area contributed by atoms with E-state index >= 15 is 0 Å². The molecular weight excluding hydrogens is 270 g/mol. The Bertz CT molecular complexity index is 554. The second kappa shape index (κ2) is 6.98. The predicted octanol–water partition coefficient (Wildman–Crippen LogP) is 0.848. The van der Waals surface area contributed by atoms with Gasteiger partial charge >= 0.3 is 0 Å². The van der Waals surface area contributed by atoms with E-state index in [1.165, 1.54) is 0 Å². The number of hydrogen-bond donors (Lipinski definition) is 3. The van der Waals surface area contributed by atoms with Crippen molar-refractivity contribution in [2.45, 2.75) is 32.8 Å². The van der Waals surface area contributed by atoms with Crippen molar-refractivity contribution in [3.05, 3.63) is 18.7 Å². The monoisotopic (exact) mass is 291 g/mol. The van der Waals surface area contributed by atoms with Crippen molar-refractivity contribution < 1.29 is 5.11 Å². The number of nitrogen functional groups attached to an aromatic ring is 1. The van der Waals surface area contributed by atoms with Crippen molar-refractivity contribution >= 4 is 11.9 Å². The molecule has 0 bridgehead atoms. The molecule has 1 unspecified atom stereocenters. The van der Waals surface area contributed by atoms with E-state index in [1.54, 1.807) is 23.3 Å². The zero-order valence-corrected chi connectivity index (χ0v) is 12.3. The molecule has 1 atom stereocenters. The van der Waals surface area contributed by atoms with Gasteiger partial charge in [0.05, 0.1) is 6.10 Å². The SMILES string of the molecule is CCC(CC)C(O)CNc1nc(N)nc(-n2ccnc2)n1. The van der Waals surface area contributed by atoms with Crippen molar-refractivity contribution in [1.82, 2.24) is 24.5 Å². The average molecular weight is 291 g/mol. The maximum absolute atomic E-state index is 10.1. The molecular formula is C13H21N7O. The van der Waals surface area contributed by atoms with Crippen molar-refractivity contribution in [3.63, 3.8) is 0 Å². The molecule has 0 spiro atoms. The Kier molecular flexibility index (Phi) is 5.04. The third kappa shape index (κ3) is 3.88. The van der Waals surface area contributed by atoms with Crippen LogP contribution in [-0.4, -0.2) is 42.3 Å². The molecule has 4 N–H and O–H groups in total. The van der Waals surface area contributed by atoms with Crippen LogP contribution in [0.15, 0.2) is 18.7 Å². The Hall–Kier alpha value is -2.22. The van der Waals surface area contributed by atoms with Crippen molar-refractivity contribution in [2.24, 2.45) is 5.92 Å². The van der Waals surface area contributed by atoms with Gasteiger partial charge in [0.25, 0.3) is 0 Å². The normalized spacial score (nSPS) is 12.6. The quantitative estimate of drug-likeness (QED) is 0.692. The minimum atomic E-state index is -0.449. The lowest BCUT2D eigenvalue weighted by atomic mass is 9.97. The minimum Gasteiger partial charge on any atom is -0.391 e. The molecule has 0 aliphatic heterocycles. The summed E-state index contributed by atoms with van der Waals surface area (Å²) in [7, 11) is 0. The molecule has 0 saturated carbocycles. The maximum Gasteiger partial charge on any atom is 0.241 e. The Balaban J connectivity index is 2.07. The van der Waals surface area contributed by atoms with Crippen molar-refractivity contribution in [3.8, 4) is 5.95 Å². The molecule has 0 aromatic carbocycles. The Morgan fingerprint density at radius 3 is 2.67 bits per heavy atom. The van der Waals surface area contributed by atoms with Crippen LogP contribution in [0.25, 0.3) is 5.95 Å². The van der Waals surface area contributed by atoms with Gasteiger partial charge in [-0.3, -0.25) is 4.57 Å². The lowest BCUT2D eigenvalue weighted by Crippen LogP contribution is -2.28. The van der Waals surface area contributed by atoms with Gasteiger partial charge in [-0.15, -0.1) is 0 Å².